The Labute approximate surface area is 111 Å². The lowest BCUT2D eigenvalue weighted by Crippen LogP contribution is -2.29. The van der Waals surface area contributed by atoms with Crippen LogP contribution < -0.4 is 5.73 Å². The Morgan fingerprint density at radius 1 is 1.42 bits per heavy atom. The number of halogens is 2. The second kappa shape index (κ2) is 5.15. The SMILES string of the molecule is CC1CCN(S(=O)(=O)c2ccc(F)c(CN)c2F)C1. The van der Waals surface area contributed by atoms with E-state index in [9.17, 15) is 17.2 Å². The van der Waals surface area contributed by atoms with Gasteiger partial charge in [-0.05, 0) is 24.5 Å². The first-order valence-corrected chi connectivity index (χ1v) is 7.49. The molecule has 106 valence electrons. The minimum absolute atomic E-state index is 0.243. The molecular weight excluding hydrogens is 274 g/mol. The molecule has 1 fully saturated rings. The van der Waals surface area contributed by atoms with E-state index in [4.69, 9.17) is 5.73 Å². The average Bonchev–Trinajstić information content (AvgIpc) is 2.77. The highest BCUT2D eigenvalue weighted by molar-refractivity contribution is 7.89. The Morgan fingerprint density at radius 3 is 2.63 bits per heavy atom. The van der Waals surface area contributed by atoms with Crippen molar-refractivity contribution in [1.82, 2.24) is 4.31 Å². The Hall–Kier alpha value is -1.05. The normalized spacial score (nSPS) is 20.9. The third-order valence-corrected chi connectivity index (χ3v) is 5.24. The van der Waals surface area contributed by atoms with Crippen molar-refractivity contribution < 1.29 is 17.2 Å². The van der Waals surface area contributed by atoms with Crippen molar-refractivity contribution in [2.45, 2.75) is 24.8 Å². The molecule has 2 N–H and O–H groups in total. The van der Waals surface area contributed by atoms with Gasteiger partial charge in [-0.2, -0.15) is 4.31 Å². The lowest BCUT2D eigenvalue weighted by molar-refractivity contribution is 0.455. The fourth-order valence-corrected chi connectivity index (χ4v) is 3.88. The van der Waals surface area contributed by atoms with E-state index in [2.05, 4.69) is 0 Å². The van der Waals surface area contributed by atoms with Crippen LogP contribution in [0.2, 0.25) is 0 Å². The maximum atomic E-state index is 14.1. The fraction of sp³-hybridized carbons (Fsp3) is 0.500. The topological polar surface area (TPSA) is 63.4 Å². The Balaban J connectivity index is 2.47. The van der Waals surface area contributed by atoms with Crippen molar-refractivity contribution in [3.05, 3.63) is 29.3 Å². The quantitative estimate of drug-likeness (QED) is 0.916. The largest absolute Gasteiger partial charge is 0.326 e. The maximum Gasteiger partial charge on any atom is 0.246 e. The van der Waals surface area contributed by atoms with Crippen LogP contribution in [0.25, 0.3) is 0 Å². The number of hydrogen-bond donors (Lipinski definition) is 1. The minimum atomic E-state index is -3.92. The molecule has 0 saturated carbocycles. The van der Waals surface area contributed by atoms with Gasteiger partial charge in [-0.3, -0.25) is 0 Å². The van der Waals surface area contributed by atoms with Gasteiger partial charge < -0.3 is 5.73 Å². The predicted octanol–water partition coefficient (Wildman–Crippen LogP) is 1.45. The zero-order chi connectivity index (χ0) is 14.2. The first kappa shape index (κ1) is 14.4. The lowest BCUT2D eigenvalue weighted by Gasteiger charge is -2.17. The summed E-state index contributed by atoms with van der Waals surface area (Å²) in [6, 6.07) is 1.90. The number of benzene rings is 1. The molecule has 1 unspecified atom stereocenters. The number of rotatable bonds is 3. The molecule has 0 spiro atoms. The molecule has 0 amide bonds. The van der Waals surface area contributed by atoms with Gasteiger partial charge in [-0.25, -0.2) is 17.2 Å². The Morgan fingerprint density at radius 2 is 2.11 bits per heavy atom. The Kier molecular flexibility index (Phi) is 3.89. The first-order chi connectivity index (χ1) is 8.87. The van der Waals surface area contributed by atoms with Gasteiger partial charge in [0.05, 0.1) is 0 Å². The summed E-state index contributed by atoms with van der Waals surface area (Å²) in [5.74, 6) is -1.66. The van der Waals surface area contributed by atoms with Crippen molar-refractivity contribution in [3.63, 3.8) is 0 Å². The molecule has 0 bridgehead atoms. The highest BCUT2D eigenvalue weighted by Crippen LogP contribution is 2.27. The van der Waals surface area contributed by atoms with Crippen LogP contribution in [0, 0.1) is 17.6 Å². The summed E-state index contributed by atoms with van der Waals surface area (Å²) in [7, 11) is -3.92. The van der Waals surface area contributed by atoms with E-state index in [-0.39, 0.29) is 12.5 Å². The van der Waals surface area contributed by atoms with E-state index < -0.39 is 32.1 Å². The van der Waals surface area contributed by atoms with Crippen molar-refractivity contribution >= 4 is 10.0 Å². The molecule has 1 aliphatic rings. The molecular formula is C12H16F2N2O2S. The van der Waals surface area contributed by atoms with Gasteiger partial charge in [0.1, 0.15) is 10.7 Å². The van der Waals surface area contributed by atoms with Crippen LogP contribution in [0.15, 0.2) is 17.0 Å². The van der Waals surface area contributed by atoms with Gasteiger partial charge in [-0.1, -0.05) is 6.92 Å². The van der Waals surface area contributed by atoms with Crippen molar-refractivity contribution in [2.75, 3.05) is 13.1 Å². The molecule has 1 saturated heterocycles. The standard InChI is InChI=1S/C12H16F2N2O2S/c1-8-4-5-16(7-8)19(17,18)11-3-2-10(13)9(6-15)12(11)14/h2-3,8H,4-7,15H2,1H3. The summed E-state index contributed by atoms with van der Waals surface area (Å²) >= 11 is 0. The van der Waals surface area contributed by atoms with E-state index >= 15 is 0 Å². The van der Waals surface area contributed by atoms with Crippen LogP contribution in [0.3, 0.4) is 0 Å². The number of nitrogens with two attached hydrogens (primary N) is 1. The monoisotopic (exact) mass is 290 g/mol. The average molecular weight is 290 g/mol. The molecule has 1 heterocycles. The fourth-order valence-electron chi connectivity index (χ4n) is 2.21. The second-order valence-electron chi connectivity index (χ2n) is 4.80. The summed E-state index contributed by atoms with van der Waals surface area (Å²) in [4.78, 5) is -0.497. The van der Waals surface area contributed by atoms with Gasteiger partial charge in [0.2, 0.25) is 10.0 Å². The van der Waals surface area contributed by atoms with Gasteiger partial charge in [0, 0.05) is 25.2 Å². The molecule has 1 aromatic rings. The summed E-state index contributed by atoms with van der Waals surface area (Å²) < 4.78 is 53.2. The van der Waals surface area contributed by atoms with Crippen LogP contribution in [0.5, 0.6) is 0 Å². The smallest absolute Gasteiger partial charge is 0.246 e. The predicted molar refractivity (Wildman–Crippen MR) is 66.8 cm³/mol. The van der Waals surface area contributed by atoms with Crippen LogP contribution in [-0.2, 0) is 16.6 Å². The minimum Gasteiger partial charge on any atom is -0.326 e. The van der Waals surface area contributed by atoms with E-state index in [1.807, 2.05) is 6.92 Å². The summed E-state index contributed by atoms with van der Waals surface area (Å²) in [5, 5.41) is 0. The molecule has 19 heavy (non-hydrogen) atoms. The molecule has 1 aliphatic heterocycles. The van der Waals surface area contributed by atoms with Gasteiger partial charge in [0.25, 0.3) is 0 Å². The maximum absolute atomic E-state index is 14.1. The highest BCUT2D eigenvalue weighted by atomic mass is 32.2. The zero-order valence-corrected chi connectivity index (χ0v) is 11.4. The molecule has 0 aliphatic carbocycles. The zero-order valence-electron chi connectivity index (χ0n) is 10.6. The van der Waals surface area contributed by atoms with Crippen molar-refractivity contribution in [3.8, 4) is 0 Å². The molecule has 2 rings (SSSR count). The van der Waals surface area contributed by atoms with Gasteiger partial charge >= 0.3 is 0 Å². The molecule has 0 aromatic heterocycles. The van der Waals surface area contributed by atoms with E-state index in [1.54, 1.807) is 0 Å². The second-order valence-corrected chi connectivity index (χ2v) is 6.71. The molecule has 1 atom stereocenters. The van der Waals surface area contributed by atoms with Crippen LogP contribution >= 0.6 is 0 Å². The van der Waals surface area contributed by atoms with E-state index in [1.165, 1.54) is 4.31 Å². The van der Waals surface area contributed by atoms with Crippen LogP contribution in [0.4, 0.5) is 8.78 Å². The third kappa shape index (κ3) is 2.50. The van der Waals surface area contributed by atoms with Crippen molar-refractivity contribution in [1.29, 1.82) is 0 Å². The number of sulfonamides is 1. The summed E-state index contributed by atoms with van der Waals surface area (Å²) in [6.07, 6.45) is 0.742. The summed E-state index contributed by atoms with van der Waals surface area (Å²) in [5.41, 5.74) is 4.86. The summed E-state index contributed by atoms with van der Waals surface area (Å²) in [6.45, 7) is 2.27. The lowest BCUT2D eigenvalue weighted by atomic mass is 10.2. The van der Waals surface area contributed by atoms with Crippen LogP contribution in [0.1, 0.15) is 18.9 Å². The number of nitrogens with zero attached hydrogens (tertiary/aromatic N) is 1. The van der Waals surface area contributed by atoms with Crippen LogP contribution in [-0.4, -0.2) is 25.8 Å². The highest BCUT2D eigenvalue weighted by Gasteiger charge is 2.33. The first-order valence-electron chi connectivity index (χ1n) is 6.05. The van der Waals surface area contributed by atoms with E-state index in [0.717, 1.165) is 18.6 Å². The molecule has 4 nitrogen and oxygen atoms in total. The molecule has 7 heteroatoms. The molecule has 1 aromatic carbocycles. The van der Waals surface area contributed by atoms with Crippen molar-refractivity contribution in [2.24, 2.45) is 11.7 Å². The van der Waals surface area contributed by atoms with E-state index in [0.29, 0.717) is 13.1 Å². The van der Waals surface area contributed by atoms with Gasteiger partial charge in [0.15, 0.2) is 5.82 Å². The number of hydrogen-bond acceptors (Lipinski definition) is 3. The van der Waals surface area contributed by atoms with Gasteiger partial charge in [-0.15, -0.1) is 0 Å². The third-order valence-electron chi connectivity index (χ3n) is 3.36. The molecule has 0 radical (unpaired) electrons. The Bertz CT molecular complexity index is 590.